The van der Waals surface area contributed by atoms with Gasteiger partial charge in [0.1, 0.15) is 8.07 Å². The molecule has 0 unspecified atom stereocenters. The highest BCUT2D eigenvalue weighted by Gasteiger charge is 2.33. The van der Waals surface area contributed by atoms with E-state index < -0.39 is 8.07 Å². The molecule has 4 heteroatoms. The minimum atomic E-state index is -1.60. The fourth-order valence-electron chi connectivity index (χ4n) is 1.61. The summed E-state index contributed by atoms with van der Waals surface area (Å²) in [5.74, 6) is 2.99. The van der Waals surface area contributed by atoms with Gasteiger partial charge in [0.25, 0.3) is 0 Å². The highest BCUT2D eigenvalue weighted by Crippen LogP contribution is 2.35. The van der Waals surface area contributed by atoms with Gasteiger partial charge in [0.15, 0.2) is 0 Å². The van der Waals surface area contributed by atoms with Crippen LogP contribution in [0.15, 0.2) is 24.3 Å². The molecule has 22 heavy (non-hydrogen) atoms. The molecule has 0 radical (unpaired) electrons. The number of methoxy groups -OCH3 is 1. The molecule has 1 rings (SSSR count). The van der Waals surface area contributed by atoms with Crippen molar-refractivity contribution in [3.8, 4) is 11.5 Å². The molecule has 0 saturated heterocycles. The van der Waals surface area contributed by atoms with Gasteiger partial charge in [-0.3, -0.25) is 4.79 Å². The number of nitrogens with two attached hydrogens (primary N) is 1. The summed E-state index contributed by atoms with van der Waals surface area (Å²) in [4.78, 5) is 11.2. The number of esters is 1. The number of hydrogen-bond acceptors (Lipinski definition) is 3. The van der Waals surface area contributed by atoms with Crippen molar-refractivity contribution in [3.63, 3.8) is 0 Å². The molecule has 0 bridgehead atoms. The molecule has 1 aromatic rings. The second kappa shape index (κ2) is 7.13. The van der Waals surface area contributed by atoms with Gasteiger partial charge in [0.2, 0.25) is 0 Å². The van der Waals surface area contributed by atoms with Crippen molar-refractivity contribution in [2.75, 3.05) is 7.11 Å². The predicted molar refractivity (Wildman–Crippen MR) is 94.1 cm³/mol. The number of benzene rings is 1. The van der Waals surface area contributed by atoms with Gasteiger partial charge in [0, 0.05) is 11.6 Å². The third-order valence-corrected chi connectivity index (χ3v) is 8.85. The fraction of sp³-hybridized carbons (Fsp3) is 0.500. The first-order valence-electron chi connectivity index (χ1n) is 7.52. The zero-order valence-corrected chi connectivity index (χ0v) is 15.5. The van der Waals surface area contributed by atoms with Gasteiger partial charge in [-0.2, -0.15) is 0 Å². The maximum Gasteiger partial charge on any atom is 0.307 e. The molecule has 0 aliphatic carbocycles. The summed E-state index contributed by atoms with van der Waals surface area (Å²) in [5.41, 5.74) is 11.4. The largest absolute Gasteiger partial charge is 0.469 e. The van der Waals surface area contributed by atoms with Gasteiger partial charge >= 0.3 is 5.97 Å². The fourth-order valence-corrected chi connectivity index (χ4v) is 2.44. The Hall–Kier alpha value is -1.57. The van der Waals surface area contributed by atoms with E-state index in [-0.39, 0.29) is 23.5 Å². The molecule has 2 N–H and O–H groups in total. The van der Waals surface area contributed by atoms with E-state index in [0.717, 1.165) is 11.1 Å². The Bertz CT molecular complexity index is 574. The van der Waals surface area contributed by atoms with Gasteiger partial charge in [-0.15, -0.1) is 5.54 Å². The molecule has 0 fully saturated rings. The molecule has 120 valence electrons. The normalized spacial score (nSPS) is 13.0. The Morgan fingerprint density at radius 3 is 2.27 bits per heavy atom. The van der Waals surface area contributed by atoms with E-state index in [0.29, 0.717) is 0 Å². The third kappa shape index (κ3) is 5.01. The maximum atomic E-state index is 11.2. The SMILES string of the molecule is COC(=O)C[C@H](N)c1ccc(C#C[Si](C)(C)C(C)(C)C)cc1. The highest BCUT2D eigenvalue weighted by atomic mass is 28.3. The molecule has 0 spiro atoms. The zero-order chi connectivity index (χ0) is 17.0. The van der Waals surface area contributed by atoms with Crippen LogP contribution in [0.25, 0.3) is 0 Å². The zero-order valence-electron chi connectivity index (χ0n) is 14.5. The Kier molecular flexibility index (Phi) is 5.98. The second-order valence-corrected chi connectivity index (χ2v) is 12.1. The Labute approximate surface area is 135 Å². The standard InChI is InChI=1S/C18H27NO2Si/c1-18(2,3)22(5,6)12-11-14-7-9-15(10-8-14)16(19)13-17(20)21-4/h7-10,16H,13,19H2,1-6H3/t16-/m0/s1. The lowest BCUT2D eigenvalue weighted by Crippen LogP contribution is -2.35. The molecule has 3 nitrogen and oxygen atoms in total. The molecule has 1 aromatic carbocycles. The van der Waals surface area contributed by atoms with Crippen LogP contribution in [-0.2, 0) is 9.53 Å². The van der Waals surface area contributed by atoms with E-state index in [2.05, 4.69) is 50.1 Å². The topological polar surface area (TPSA) is 52.3 Å². The Morgan fingerprint density at radius 2 is 1.82 bits per heavy atom. The van der Waals surface area contributed by atoms with E-state index in [9.17, 15) is 4.79 Å². The number of carbonyl (C=O) groups excluding carboxylic acids is 1. The van der Waals surface area contributed by atoms with Crippen molar-refractivity contribution in [2.45, 2.75) is 51.4 Å². The van der Waals surface area contributed by atoms with Crippen molar-refractivity contribution in [1.29, 1.82) is 0 Å². The summed E-state index contributed by atoms with van der Waals surface area (Å²) in [6.07, 6.45) is 0.186. The van der Waals surface area contributed by atoms with E-state index in [1.807, 2.05) is 24.3 Å². The molecule has 0 amide bonds. The Morgan fingerprint density at radius 1 is 1.27 bits per heavy atom. The van der Waals surface area contributed by atoms with Crippen molar-refractivity contribution in [1.82, 2.24) is 0 Å². The first-order valence-corrected chi connectivity index (χ1v) is 10.5. The summed E-state index contributed by atoms with van der Waals surface area (Å²) in [5, 5.41) is 0.253. The molecule has 0 heterocycles. The minimum Gasteiger partial charge on any atom is -0.469 e. The van der Waals surface area contributed by atoms with Gasteiger partial charge in [-0.25, -0.2) is 0 Å². The molecular formula is C18H27NO2Si. The van der Waals surface area contributed by atoms with Crippen LogP contribution in [0.3, 0.4) is 0 Å². The van der Waals surface area contributed by atoms with Crippen LogP contribution in [0.5, 0.6) is 0 Å². The molecule has 0 aromatic heterocycles. The lowest BCUT2D eigenvalue weighted by atomic mass is 10.0. The second-order valence-electron chi connectivity index (χ2n) is 7.13. The van der Waals surface area contributed by atoms with Gasteiger partial charge in [0.05, 0.1) is 13.5 Å². The first-order chi connectivity index (χ1) is 10.1. The van der Waals surface area contributed by atoms with Crippen LogP contribution < -0.4 is 5.73 Å². The van der Waals surface area contributed by atoms with E-state index in [1.54, 1.807) is 0 Å². The van der Waals surface area contributed by atoms with Crippen LogP contribution >= 0.6 is 0 Å². The van der Waals surface area contributed by atoms with Crippen LogP contribution in [0, 0.1) is 11.5 Å². The average Bonchev–Trinajstić information content (AvgIpc) is 2.44. The van der Waals surface area contributed by atoms with Crippen LogP contribution in [0.4, 0.5) is 0 Å². The van der Waals surface area contributed by atoms with Crippen LogP contribution in [-0.4, -0.2) is 21.2 Å². The lowest BCUT2D eigenvalue weighted by Gasteiger charge is -2.31. The quantitative estimate of drug-likeness (QED) is 0.526. The summed E-state index contributed by atoms with van der Waals surface area (Å²) in [7, 11) is -0.227. The minimum absolute atomic E-state index is 0.186. The molecular weight excluding hydrogens is 290 g/mol. The van der Waals surface area contributed by atoms with Crippen molar-refractivity contribution in [3.05, 3.63) is 35.4 Å². The number of carbonyl (C=O) groups is 1. The van der Waals surface area contributed by atoms with Gasteiger partial charge in [-0.05, 0) is 22.7 Å². The van der Waals surface area contributed by atoms with Gasteiger partial charge in [-0.1, -0.05) is 51.9 Å². The summed E-state index contributed by atoms with van der Waals surface area (Å²) < 4.78 is 4.64. The Balaban J connectivity index is 2.85. The third-order valence-electron chi connectivity index (χ3n) is 4.35. The van der Waals surface area contributed by atoms with Crippen LogP contribution in [0.2, 0.25) is 18.1 Å². The van der Waals surface area contributed by atoms with E-state index >= 15 is 0 Å². The summed E-state index contributed by atoms with van der Waals surface area (Å²) in [6.45, 7) is 11.3. The smallest absolute Gasteiger partial charge is 0.307 e. The first kappa shape index (κ1) is 18.5. The molecule has 1 atom stereocenters. The van der Waals surface area contributed by atoms with Gasteiger partial charge < -0.3 is 10.5 Å². The van der Waals surface area contributed by atoms with Crippen molar-refractivity contribution >= 4 is 14.0 Å². The predicted octanol–water partition coefficient (Wildman–Crippen LogP) is 3.65. The lowest BCUT2D eigenvalue weighted by molar-refractivity contribution is -0.141. The highest BCUT2D eigenvalue weighted by molar-refractivity contribution is 6.87. The average molecular weight is 318 g/mol. The summed E-state index contributed by atoms with van der Waals surface area (Å²) in [6, 6.07) is 7.46. The molecule has 0 saturated carbocycles. The van der Waals surface area contributed by atoms with Crippen LogP contribution in [0.1, 0.15) is 44.4 Å². The maximum absolute atomic E-state index is 11.2. The molecule has 0 aliphatic rings. The number of rotatable bonds is 3. The van der Waals surface area contributed by atoms with Crippen molar-refractivity contribution < 1.29 is 9.53 Å². The monoisotopic (exact) mass is 317 g/mol. The van der Waals surface area contributed by atoms with Crippen molar-refractivity contribution in [2.24, 2.45) is 5.73 Å². The summed E-state index contributed by atoms with van der Waals surface area (Å²) >= 11 is 0. The number of ether oxygens (including phenoxy) is 1. The molecule has 0 aliphatic heterocycles. The van der Waals surface area contributed by atoms with E-state index in [1.165, 1.54) is 7.11 Å². The number of hydrogen-bond donors (Lipinski definition) is 1. The van der Waals surface area contributed by atoms with E-state index in [4.69, 9.17) is 5.73 Å².